The molecule has 2 rings (SSSR count). The van der Waals surface area contributed by atoms with Gasteiger partial charge in [0.2, 0.25) is 11.8 Å². The van der Waals surface area contributed by atoms with E-state index in [1.165, 1.54) is 11.0 Å². The fourth-order valence-electron chi connectivity index (χ4n) is 3.19. The minimum atomic E-state index is -0.554. The summed E-state index contributed by atoms with van der Waals surface area (Å²) in [6.07, 6.45) is 1.61. The Morgan fingerprint density at radius 1 is 1.38 bits per heavy atom. The van der Waals surface area contributed by atoms with E-state index >= 15 is 0 Å². The van der Waals surface area contributed by atoms with Gasteiger partial charge >= 0.3 is 0 Å². The molecule has 5 nitrogen and oxygen atoms in total. The Kier molecular flexibility index (Phi) is 6.31. The van der Waals surface area contributed by atoms with Gasteiger partial charge in [0, 0.05) is 25.6 Å². The molecule has 1 aliphatic rings. The summed E-state index contributed by atoms with van der Waals surface area (Å²) in [7, 11) is 5.61. The predicted octanol–water partition coefficient (Wildman–Crippen LogP) is 1.80. The molecule has 1 N–H and O–H groups in total. The molecule has 132 valence electrons. The molecular formula is C18H26FN3O2. The maximum atomic E-state index is 14.2. The number of hydrogen-bond acceptors (Lipinski definition) is 3. The van der Waals surface area contributed by atoms with Crippen molar-refractivity contribution in [1.82, 2.24) is 15.1 Å². The van der Waals surface area contributed by atoms with Gasteiger partial charge in [0.1, 0.15) is 5.82 Å². The van der Waals surface area contributed by atoms with E-state index in [1.807, 2.05) is 14.1 Å². The summed E-state index contributed by atoms with van der Waals surface area (Å²) < 4.78 is 14.2. The Labute approximate surface area is 142 Å². The van der Waals surface area contributed by atoms with Gasteiger partial charge in [-0.1, -0.05) is 18.2 Å². The lowest BCUT2D eigenvalue weighted by molar-refractivity contribution is -0.141. The lowest BCUT2D eigenvalue weighted by atomic mass is 9.83. The second-order valence-corrected chi connectivity index (χ2v) is 6.56. The van der Waals surface area contributed by atoms with Crippen LogP contribution in [0.25, 0.3) is 0 Å². The molecule has 6 heteroatoms. The quantitative estimate of drug-likeness (QED) is 0.807. The summed E-state index contributed by atoms with van der Waals surface area (Å²) in [6, 6.07) is 5.81. The molecule has 0 aromatic heterocycles. The van der Waals surface area contributed by atoms with Crippen LogP contribution in [0.3, 0.4) is 0 Å². The second-order valence-electron chi connectivity index (χ2n) is 6.56. The molecule has 1 fully saturated rings. The molecule has 0 spiro atoms. The smallest absolute Gasteiger partial charge is 0.225 e. The van der Waals surface area contributed by atoms with Crippen LogP contribution in [0.1, 0.15) is 30.9 Å². The highest BCUT2D eigenvalue weighted by Crippen LogP contribution is 2.36. The third-order valence-electron chi connectivity index (χ3n) is 4.50. The Morgan fingerprint density at radius 2 is 2.08 bits per heavy atom. The van der Waals surface area contributed by atoms with Crippen molar-refractivity contribution in [2.45, 2.75) is 25.3 Å². The molecule has 2 amide bonds. The normalized spacial score (nSPS) is 21.2. The first kappa shape index (κ1) is 18.4. The number of halogens is 1. The first-order valence-electron chi connectivity index (χ1n) is 8.34. The van der Waals surface area contributed by atoms with Gasteiger partial charge in [0.05, 0.1) is 12.0 Å². The maximum absolute atomic E-state index is 14.2. The zero-order chi connectivity index (χ0) is 17.7. The van der Waals surface area contributed by atoms with E-state index in [-0.39, 0.29) is 17.6 Å². The fraction of sp³-hybridized carbons (Fsp3) is 0.556. The van der Waals surface area contributed by atoms with Crippen molar-refractivity contribution in [2.24, 2.45) is 5.92 Å². The van der Waals surface area contributed by atoms with Crippen molar-refractivity contribution in [3.05, 3.63) is 35.6 Å². The molecule has 24 heavy (non-hydrogen) atoms. The van der Waals surface area contributed by atoms with E-state index in [0.29, 0.717) is 24.9 Å². The molecule has 1 aromatic carbocycles. The predicted molar refractivity (Wildman–Crippen MR) is 90.8 cm³/mol. The van der Waals surface area contributed by atoms with E-state index in [9.17, 15) is 14.0 Å². The Hall–Kier alpha value is -1.95. The van der Waals surface area contributed by atoms with Crippen LogP contribution >= 0.6 is 0 Å². The Bertz CT molecular complexity index is 591. The van der Waals surface area contributed by atoms with E-state index < -0.39 is 12.0 Å². The highest BCUT2D eigenvalue weighted by molar-refractivity contribution is 5.84. The number of carbonyl (C=O) groups excluding carboxylic acids is 2. The van der Waals surface area contributed by atoms with Crippen LogP contribution in [0.4, 0.5) is 4.39 Å². The van der Waals surface area contributed by atoms with Gasteiger partial charge in [0.25, 0.3) is 0 Å². The lowest BCUT2D eigenvalue weighted by Gasteiger charge is -2.38. The number of hydrogen-bond donors (Lipinski definition) is 1. The zero-order valence-corrected chi connectivity index (χ0v) is 14.6. The molecule has 0 bridgehead atoms. The number of amides is 2. The number of nitrogens with one attached hydrogen (secondary N) is 1. The summed E-state index contributed by atoms with van der Waals surface area (Å²) in [5, 5.41) is 2.94. The molecule has 1 saturated heterocycles. The highest BCUT2D eigenvalue weighted by atomic mass is 19.1. The molecule has 1 heterocycles. The van der Waals surface area contributed by atoms with Gasteiger partial charge in [0.15, 0.2) is 0 Å². The van der Waals surface area contributed by atoms with E-state index in [0.717, 1.165) is 13.0 Å². The van der Waals surface area contributed by atoms with Crippen LogP contribution in [-0.2, 0) is 9.59 Å². The number of rotatable bonds is 6. The van der Waals surface area contributed by atoms with Crippen molar-refractivity contribution in [3.63, 3.8) is 0 Å². The minimum absolute atomic E-state index is 0.0556. The van der Waals surface area contributed by atoms with E-state index in [2.05, 4.69) is 10.2 Å². The number of nitrogens with zero attached hydrogens (tertiary/aromatic N) is 2. The molecule has 1 aromatic rings. The Balaban J connectivity index is 2.12. The zero-order valence-electron chi connectivity index (χ0n) is 14.6. The summed E-state index contributed by atoms with van der Waals surface area (Å²) >= 11 is 0. The number of benzene rings is 1. The molecule has 0 radical (unpaired) electrons. The van der Waals surface area contributed by atoms with Crippen LogP contribution in [-0.4, -0.2) is 55.8 Å². The third-order valence-corrected chi connectivity index (χ3v) is 4.50. The summed E-state index contributed by atoms with van der Waals surface area (Å²) in [4.78, 5) is 28.2. The van der Waals surface area contributed by atoms with Crippen molar-refractivity contribution in [1.29, 1.82) is 0 Å². The molecular weight excluding hydrogens is 309 g/mol. The lowest BCUT2D eigenvalue weighted by Crippen LogP contribution is -2.46. The molecule has 2 atom stereocenters. The highest BCUT2D eigenvalue weighted by Gasteiger charge is 2.39. The van der Waals surface area contributed by atoms with E-state index in [1.54, 1.807) is 25.2 Å². The van der Waals surface area contributed by atoms with Crippen LogP contribution < -0.4 is 5.32 Å². The van der Waals surface area contributed by atoms with Crippen molar-refractivity contribution < 1.29 is 14.0 Å². The summed E-state index contributed by atoms with van der Waals surface area (Å²) in [6.45, 7) is 1.47. The molecule has 0 unspecified atom stereocenters. The minimum Gasteiger partial charge on any atom is -0.356 e. The average Bonchev–Trinajstić information content (AvgIpc) is 2.54. The van der Waals surface area contributed by atoms with Gasteiger partial charge in [-0.25, -0.2) is 4.39 Å². The second kappa shape index (κ2) is 8.24. The van der Waals surface area contributed by atoms with Gasteiger partial charge < -0.3 is 15.1 Å². The standard InChI is InChI=1S/C18H26FN3O2/c1-21(2)12-6-11-20-18(24)14-9-10-16(23)22(3)17(14)13-7-4-5-8-15(13)19/h4-5,7-8,14,17H,6,9-12H2,1-3H3,(H,20,24)/t14-,17-/m1/s1. The largest absolute Gasteiger partial charge is 0.356 e. The first-order valence-corrected chi connectivity index (χ1v) is 8.34. The number of likely N-dealkylation sites (tertiary alicyclic amines) is 1. The number of carbonyl (C=O) groups is 2. The third kappa shape index (κ3) is 4.32. The molecule has 1 aliphatic heterocycles. The monoisotopic (exact) mass is 335 g/mol. The van der Waals surface area contributed by atoms with Crippen LogP contribution in [0.15, 0.2) is 24.3 Å². The molecule has 0 saturated carbocycles. The fourth-order valence-corrected chi connectivity index (χ4v) is 3.19. The van der Waals surface area contributed by atoms with Crippen molar-refractivity contribution in [2.75, 3.05) is 34.2 Å². The van der Waals surface area contributed by atoms with Crippen molar-refractivity contribution >= 4 is 11.8 Å². The van der Waals surface area contributed by atoms with Gasteiger partial charge in [-0.3, -0.25) is 9.59 Å². The van der Waals surface area contributed by atoms with Crippen molar-refractivity contribution in [3.8, 4) is 0 Å². The first-order chi connectivity index (χ1) is 11.4. The topological polar surface area (TPSA) is 52.7 Å². The Morgan fingerprint density at radius 3 is 2.75 bits per heavy atom. The maximum Gasteiger partial charge on any atom is 0.225 e. The van der Waals surface area contributed by atoms with Crippen LogP contribution in [0.2, 0.25) is 0 Å². The van der Waals surface area contributed by atoms with Gasteiger partial charge in [-0.15, -0.1) is 0 Å². The van der Waals surface area contributed by atoms with E-state index in [4.69, 9.17) is 0 Å². The van der Waals surface area contributed by atoms with Crippen LogP contribution in [0, 0.1) is 11.7 Å². The summed E-state index contributed by atoms with van der Waals surface area (Å²) in [5.41, 5.74) is 0.404. The molecule has 0 aliphatic carbocycles. The van der Waals surface area contributed by atoms with Crippen LogP contribution in [0.5, 0.6) is 0 Å². The SMILES string of the molecule is CN(C)CCCNC(=O)[C@@H]1CCC(=O)N(C)[C@@H]1c1ccccc1F. The average molecular weight is 335 g/mol. The summed E-state index contributed by atoms with van der Waals surface area (Å²) in [5.74, 6) is -0.973. The van der Waals surface area contributed by atoms with Gasteiger partial charge in [-0.05, 0) is 39.5 Å². The number of piperidine rings is 1. The van der Waals surface area contributed by atoms with Gasteiger partial charge in [-0.2, -0.15) is 0 Å².